The van der Waals surface area contributed by atoms with E-state index >= 15 is 0 Å². The summed E-state index contributed by atoms with van der Waals surface area (Å²) in [6.07, 6.45) is 84.1. The quantitative estimate of drug-likeness (QED) is 0.0261. The minimum Gasteiger partial charge on any atom is -0.462 e. The predicted octanol–water partition coefficient (Wildman–Crippen LogP) is 25.2. The maximum atomic E-state index is 12.9. The van der Waals surface area contributed by atoms with Crippen LogP contribution in [0.25, 0.3) is 0 Å². The second kappa shape index (κ2) is 69.6. The van der Waals surface area contributed by atoms with Crippen molar-refractivity contribution in [1.29, 1.82) is 0 Å². The van der Waals surface area contributed by atoms with Gasteiger partial charge in [-0.25, -0.2) is 0 Å². The minimum atomic E-state index is -0.770. The number of carbonyl (C=O) groups excluding carboxylic acids is 3. The van der Waals surface area contributed by atoms with Crippen LogP contribution in [-0.2, 0) is 28.6 Å². The van der Waals surface area contributed by atoms with E-state index < -0.39 is 6.10 Å². The number of esters is 3. The van der Waals surface area contributed by atoms with Crippen LogP contribution < -0.4 is 0 Å². The molecule has 0 heterocycles. The maximum absolute atomic E-state index is 12.9. The average molecular weight is 1130 g/mol. The highest BCUT2D eigenvalue weighted by molar-refractivity contribution is 5.71. The van der Waals surface area contributed by atoms with Crippen LogP contribution in [0.3, 0.4) is 0 Å². The number of hydrogen-bond acceptors (Lipinski definition) is 6. The van der Waals surface area contributed by atoms with Crippen molar-refractivity contribution in [2.75, 3.05) is 13.2 Å². The number of unbranched alkanes of at least 4 members (excludes halogenated alkanes) is 56. The number of allylic oxidation sites excluding steroid dienone is 2. The second-order valence-electron chi connectivity index (χ2n) is 25.2. The zero-order valence-electron chi connectivity index (χ0n) is 54.6. The molecule has 80 heavy (non-hydrogen) atoms. The first-order valence-corrected chi connectivity index (χ1v) is 36.7. The molecule has 0 amide bonds. The first-order chi connectivity index (χ1) is 39.5. The molecular weight excluding hydrogens is 985 g/mol. The Morgan fingerprint density at radius 3 is 0.625 bits per heavy atom. The van der Waals surface area contributed by atoms with E-state index in [1.165, 1.54) is 321 Å². The van der Waals surface area contributed by atoms with Gasteiger partial charge in [0.2, 0.25) is 0 Å². The number of hydrogen-bond donors (Lipinski definition) is 0. The smallest absolute Gasteiger partial charge is 0.306 e. The predicted molar refractivity (Wildman–Crippen MR) is 349 cm³/mol. The van der Waals surface area contributed by atoms with Gasteiger partial charge in [-0.1, -0.05) is 373 Å². The zero-order valence-corrected chi connectivity index (χ0v) is 54.6. The van der Waals surface area contributed by atoms with Gasteiger partial charge in [-0.05, 0) is 44.9 Å². The van der Waals surface area contributed by atoms with E-state index in [1.807, 2.05) is 0 Å². The molecule has 474 valence electrons. The third-order valence-corrected chi connectivity index (χ3v) is 17.0. The van der Waals surface area contributed by atoms with E-state index in [2.05, 4.69) is 32.9 Å². The van der Waals surface area contributed by atoms with Gasteiger partial charge in [0, 0.05) is 19.3 Å². The van der Waals surface area contributed by atoms with Crippen LogP contribution in [0.4, 0.5) is 0 Å². The van der Waals surface area contributed by atoms with Crippen LogP contribution in [0.1, 0.15) is 425 Å². The van der Waals surface area contributed by atoms with Crippen molar-refractivity contribution in [2.24, 2.45) is 0 Å². The van der Waals surface area contributed by atoms with E-state index in [1.54, 1.807) is 0 Å². The number of carbonyl (C=O) groups is 3. The summed E-state index contributed by atoms with van der Waals surface area (Å²) in [6.45, 7) is 6.71. The molecule has 0 N–H and O–H groups in total. The molecule has 0 aromatic rings. The molecule has 6 heteroatoms. The summed E-state index contributed by atoms with van der Waals surface area (Å²) in [5.41, 5.74) is 0. The molecule has 0 aliphatic rings. The van der Waals surface area contributed by atoms with Gasteiger partial charge in [0.1, 0.15) is 13.2 Å². The van der Waals surface area contributed by atoms with Crippen LogP contribution in [-0.4, -0.2) is 37.2 Å². The number of ether oxygens (including phenoxy) is 3. The third-order valence-electron chi connectivity index (χ3n) is 17.0. The van der Waals surface area contributed by atoms with Crippen molar-refractivity contribution in [3.05, 3.63) is 12.2 Å². The van der Waals surface area contributed by atoms with Gasteiger partial charge >= 0.3 is 17.9 Å². The van der Waals surface area contributed by atoms with E-state index in [9.17, 15) is 14.4 Å². The van der Waals surface area contributed by atoms with Gasteiger partial charge in [0.15, 0.2) is 6.10 Å². The largest absolute Gasteiger partial charge is 0.462 e. The highest BCUT2D eigenvalue weighted by Crippen LogP contribution is 2.19. The molecular formula is C74H142O6. The molecule has 0 aliphatic heterocycles. The lowest BCUT2D eigenvalue weighted by Crippen LogP contribution is -2.30. The van der Waals surface area contributed by atoms with Crippen LogP contribution >= 0.6 is 0 Å². The third kappa shape index (κ3) is 66.9. The highest BCUT2D eigenvalue weighted by Gasteiger charge is 2.20. The molecule has 0 aromatic heterocycles. The molecule has 0 aliphatic carbocycles. The van der Waals surface area contributed by atoms with Gasteiger partial charge < -0.3 is 14.2 Å². The first-order valence-electron chi connectivity index (χ1n) is 36.7. The summed E-state index contributed by atoms with van der Waals surface area (Å²) < 4.78 is 17.0. The highest BCUT2D eigenvalue weighted by atomic mass is 16.6. The molecule has 0 spiro atoms. The molecule has 0 aromatic carbocycles. The van der Waals surface area contributed by atoms with Crippen molar-refractivity contribution < 1.29 is 28.6 Å². The maximum Gasteiger partial charge on any atom is 0.306 e. The fraction of sp³-hybridized carbons (Fsp3) is 0.932. The van der Waals surface area contributed by atoms with Crippen molar-refractivity contribution in [2.45, 2.75) is 431 Å². The van der Waals surface area contributed by atoms with Crippen LogP contribution in [0, 0.1) is 0 Å². The zero-order chi connectivity index (χ0) is 57.8. The molecule has 6 nitrogen and oxygen atoms in total. The lowest BCUT2D eigenvalue weighted by atomic mass is 10.0. The van der Waals surface area contributed by atoms with Gasteiger partial charge in [0.25, 0.3) is 0 Å². The van der Waals surface area contributed by atoms with Crippen molar-refractivity contribution in [3.8, 4) is 0 Å². The van der Waals surface area contributed by atoms with Gasteiger partial charge in [-0.3, -0.25) is 14.4 Å². The molecule has 0 saturated heterocycles. The lowest BCUT2D eigenvalue weighted by Gasteiger charge is -2.18. The summed E-state index contributed by atoms with van der Waals surface area (Å²) in [7, 11) is 0. The summed E-state index contributed by atoms with van der Waals surface area (Å²) in [4.78, 5) is 38.4. The summed E-state index contributed by atoms with van der Waals surface area (Å²) >= 11 is 0. The van der Waals surface area contributed by atoms with Crippen LogP contribution in [0.5, 0.6) is 0 Å². The van der Waals surface area contributed by atoms with Gasteiger partial charge in [-0.2, -0.15) is 0 Å². The molecule has 1 unspecified atom stereocenters. The Morgan fingerprint density at radius 1 is 0.237 bits per heavy atom. The molecule has 1 atom stereocenters. The SMILES string of the molecule is CCCCCCCCC/C=C\CCCCCCCC(=O)OC(COC(=O)CCCCCCCCCCCCCCC)COC(=O)CCCCCCCCCCCCCCCCCCCCCCCCCCCCCCCCCCC. The topological polar surface area (TPSA) is 78.9 Å². The molecule has 0 radical (unpaired) electrons. The van der Waals surface area contributed by atoms with Crippen molar-refractivity contribution in [1.82, 2.24) is 0 Å². The Kier molecular flexibility index (Phi) is 68.0. The fourth-order valence-corrected chi connectivity index (χ4v) is 11.5. The standard InChI is InChI=1S/C74H142O6/c1-4-7-10-13-16-19-22-25-27-29-30-31-32-33-34-35-36-37-38-39-40-41-42-43-44-45-47-49-52-55-58-61-64-67-73(76)79-70-71(69-78-72(75)66-63-60-57-54-51-48-24-21-18-15-12-9-6-3)80-74(77)68-65-62-59-56-53-50-46-28-26-23-20-17-14-11-8-5-2/h28,46,71H,4-27,29-45,47-70H2,1-3H3/b46-28-. The van der Waals surface area contributed by atoms with E-state index in [0.717, 1.165) is 64.2 Å². The van der Waals surface area contributed by atoms with Crippen molar-refractivity contribution >= 4 is 17.9 Å². The van der Waals surface area contributed by atoms with Crippen LogP contribution in [0.2, 0.25) is 0 Å². The summed E-state index contributed by atoms with van der Waals surface area (Å²) in [6, 6.07) is 0. The minimum absolute atomic E-state index is 0.0667. The Labute approximate surface area is 501 Å². The molecule has 0 fully saturated rings. The van der Waals surface area contributed by atoms with E-state index in [0.29, 0.717) is 19.3 Å². The Bertz CT molecular complexity index is 1250. The Balaban J connectivity index is 4.06. The van der Waals surface area contributed by atoms with E-state index in [-0.39, 0.29) is 31.1 Å². The first kappa shape index (κ1) is 78.1. The summed E-state index contributed by atoms with van der Waals surface area (Å²) in [5, 5.41) is 0. The fourth-order valence-electron chi connectivity index (χ4n) is 11.5. The monoisotopic (exact) mass is 1130 g/mol. The summed E-state index contributed by atoms with van der Waals surface area (Å²) in [5.74, 6) is -0.842. The van der Waals surface area contributed by atoms with Crippen molar-refractivity contribution in [3.63, 3.8) is 0 Å². The van der Waals surface area contributed by atoms with Gasteiger partial charge in [0.05, 0.1) is 0 Å². The van der Waals surface area contributed by atoms with Gasteiger partial charge in [-0.15, -0.1) is 0 Å². The Hall–Kier alpha value is -1.85. The average Bonchev–Trinajstić information content (AvgIpc) is 3.46. The van der Waals surface area contributed by atoms with Crippen LogP contribution in [0.15, 0.2) is 12.2 Å². The van der Waals surface area contributed by atoms with E-state index in [4.69, 9.17) is 14.2 Å². The molecule has 0 saturated carbocycles. The molecule has 0 rings (SSSR count). The number of rotatable bonds is 69. The normalized spacial score (nSPS) is 12.0. The molecule has 0 bridgehead atoms. The second-order valence-corrected chi connectivity index (χ2v) is 25.2. The lowest BCUT2D eigenvalue weighted by molar-refractivity contribution is -0.167. The Morgan fingerprint density at radius 2 is 0.412 bits per heavy atom.